The molecule has 0 aliphatic carbocycles. The zero-order valence-electron chi connectivity index (χ0n) is 16.1. The van der Waals surface area contributed by atoms with Gasteiger partial charge in [0.25, 0.3) is 5.91 Å². The van der Waals surface area contributed by atoms with Crippen LogP contribution in [0.2, 0.25) is 0 Å². The van der Waals surface area contributed by atoms with Crippen LogP contribution in [-0.4, -0.2) is 34.6 Å². The number of hydrogen-bond donors (Lipinski definition) is 2. The van der Waals surface area contributed by atoms with E-state index in [2.05, 4.69) is 26.6 Å². The number of benzene rings is 2. The largest absolute Gasteiger partial charge is 0.352 e. The summed E-state index contributed by atoms with van der Waals surface area (Å²) in [6.07, 6.45) is 0.786. The Morgan fingerprint density at radius 3 is 2.63 bits per heavy atom. The number of nitrogens with one attached hydrogen (secondary N) is 2. The fourth-order valence-electron chi connectivity index (χ4n) is 3.89. The Hall–Kier alpha value is -3.00. The van der Waals surface area contributed by atoms with Crippen LogP contribution in [0.3, 0.4) is 0 Å². The summed E-state index contributed by atoms with van der Waals surface area (Å²) in [6, 6.07) is 12.3. The van der Waals surface area contributed by atoms with E-state index in [0.29, 0.717) is 18.5 Å². The number of rotatable bonds is 5. The maximum atomic E-state index is 12.9. The maximum absolute atomic E-state index is 12.9. The Bertz CT molecular complexity index is 1050. The molecule has 0 aromatic heterocycles. The lowest BCUT2D eigenvalue weighted by Crippen LogP contribution is -2.52. The van der Waals surface area contributed by atoms with E-state index < -0.39 is 11.9 Å². The van der Waals surface area contributed by atoms with Gasteiger partial charge in [0.1, 0.15) is 6.04 Å². The minimum atomic E-state index is -0.652. The first-order valence-corrected chi connectivity index (χ1v) is 10.5. The highest BCUT2D eigenvalue weighted by molar-refractivity contribution is 9.10. The van der Waals surface area contributed by atoms with Crippen molar-refractivity contribution >= 4 is 39.6 Å². The van der Waals surface area contributed by atoms with Crippen molar-refractivity contribution in [2.75, 3.05) is 0 Å². The number of fused-ring (bicyclic) bond motifs is 1. The molecule has 8 heteroatoms. The van der Waals surface area contributed by atoms with Crippen LogP contribution in [0.5, 0.6) is 0 Å². The first-order chi connectivity index (χ1) is 14.4. The van der Waals surface area contributed by atoms with Crippen molar-refractivity contribution in [3.8, 4) is 0 Å². The minimum Gasteiger partial charge on any atom is -0.352 e. The summed E-state index contributed by atoms with van der Waals surface area (Å²) in [5.74, 6) is -1.09. The van der Waals surface area contributed by atoms with Crippen LogP contribution in [-0.2, 0) is 33.9 Å². The predicted molar refractivity (Wildman–Crippen MR) is 112 cm³/mol. The van der Waals surface area contributed by atoms with Crippen LogP contribution in [0.4, 0.5) is 0 Å². The fraction of sp³-hybridized carbons (Fsp3) is 0.273. The molecule has 30 heavy (non-hydrogen) atoms. The van der Waals surface area contributed by atoms with Gasteiger partial charge < -0.3 is 10.2 Å². The highest BCUT2D eigenvalue weighted by Gasteiger charge is 2.39. The van der Waals surface area contributed by atoms with Gasteiger partial charge in [-0.15, -0.1) is 0 Å². The van der Waals surface area contributed by atoms with E-state index in [4.69, 9.17) is 0 Å². The standard InChI is InChI=1S/C22H20BrN3O4/c23-17-7-2-1-4-13(17)10-20(28)24-11-14-5-3-6-15-16(14)12-26(22(15)30)18-8-9-19(27)25-21(18)29/h1-7,18H,8-12H2,(H,24,28)(H,25,27,29). The summed E-state index contributed by atoms with van der Waals surface area (Å²) in [4.78, 5) is 50.4. The van der Waals surface area contributed by atoms with Gasteiger partial charge in [-0.1, -0.05) is 46.3 Å². The Morgan fingerprint density at radius 1 is 1.10 bits per heavy atom. The number of carbonyl (C=O) groups excluding carboxylic acids is 4. The van der Waals surface area contributed by atoms with E-state index in [9.17, 15) is 19.2 Å². The van der Waals surface area contributed by atoms with Gasteiger partial charge in [-0.05, 0) is 35.2 Å². The van der Waals surface area contributed by atoms with E-state index in [1.54, 1.807) is 12.1 Å². The highest BCUT2D eigenvalue weighted by Crippen LogP contribution is 2.29. The van der Waals surface area contributed by atoms with E-state index in [-0.39, 0.29) is 37.1 Å². The van der Waals surface area contributed by atoms with E-state index in [0.717, 1.165) is 21.2 Å². The summed E-state index contributed by atoms with van der Waals surface area (Å²) in [7, 11) is 0. The molecule has 0 saturated carbocycles. The van der Waals surface area contributed by atoms with Gasteiger partial charge in [0, 0.05) is 29.5 Å². The van der Waals surface area contributed by atoms with Gasteiger partial charge in [0.05, 0.1) is 6.42 Å². The van der Waals surface area contributed by atoms with Crippen molar-refractivity contribution in [3.63, 3.8) is 0 Å². The Kier molecular flexibility index (Phi) is 5.67. The molecule has 1 fully saturated rings. The molecule has 4 rings (SSSR count). The fourth-order valence-corrected chi connectivity index (χ4v) is 4.31. The van der Waals surface area contributed by atoms with Crippen molar-refractivity contribution in [1.82, 2.24) is 15.5 Å². The summed E-state index contributed by atoms with van der Waals surface area (Å²) < 4.78 is 0.881. The zero-order chi connectivity index (χ0) is 21.3. The molecule has 7 nitrogen and oxygen atoms in total. The Labute approximate surface area is 181 Å². The first-order valence-electron chi connectivity index (χ1n) is 9.69. The number of carbonyl (C=O) groups is 4. The molecule has 2 aromatic carbocycles. The highest BCUT2D eigenvalue weighted by atomic mass is 79.9. The third kappa shape index (κ3) is 4.00. The lowest BCUT2D eigenvalue weighted by atomic mass is 10.0. The van der Waals surface area contributed by atoms with Gasteiger partial charge in [-0.2, -0.15) is 0 Å². The third-order valence-corrected chi connectivity index (χ3v) is 6.24. The molecule has 4 amide bonds. The quantitative estimate of drug-likeness (QED) is 0.655. The van der Waals surface area contributed by atoms with E-state index >= 15 is 0 Å². The Morgan fingerprint density at radius 2 is 1.87 bits per heavy atom. The lowest BCUT2D eigenvalue weighted by Gasteiger charge is -2.29. The molecular weight excluding hydrogens is 450 g/mol. The molecule has 2 aliphatic rings. The zero-order valence-corrected chi connectivity index (χ0v) is 17.7. The average Bonchev–Trinajstić information content (AvgIpc) is 3.05. The van der Waals surface area contributed by atoms with Crippen molar-refractivity contribution in [1.29, 1.82) is 0 Å². The third-order valence-electron chi connectivity index (χ3n) is 5.46. The second-order valence-corrected chi connectivity index (χ2v) is 8.24. The Balaban J connectivity index is 1.45. The number of amides is 4. The monoisotopic (exact) mass is 469 g/mol. The second kappa shape index (κ2) is 8.39. The topological polar surface area (TPSA) is 95.6 Å². The number of nitrogens with zero attached hydrogens (tertiary/aromatic N) is 1. The maximum Gasteiger partial charge on any atom is 0.255 e. The molecule has 0 radical (unpaired) electrons. The van der Waals surface area contributed by atoms with E-state index in [1.165, 1.54) is 4.90 Å². The van der Waals surface area contributed by atoms with Gasteiger partial charge >= 0.3 is 0 Å². The molecule has 2 aromatic rings. The van der Waals surface area contributed by atoms with Gasteiger partial charge in [0.15, 0.2) is 0 Å². The molecule has 2 heterocycles. The van der Waals surface area contributed by atoms with E-state index in [1.807, 2.05) is 30.3 Å². The van der Waals surface area contributed by atoms with Gasteiger partial charge in [-0.3, -0.25) is 24.5 Å². The van der Waals surface area contributed by atoms with Crippen molar-refractivity contribution in [2.24, 2.45) is 0 Å². The normalized spacial score (nSPS) is 18.2. The van der Waals surface area contributed by atoms with Gasteiger partial charge in [-0.25, -0.2) is 0 Å². The van der Waals surface area contributed by atoms with Gasteiger partial charge in [0.2, 0.25) is 17.7 Å². The smallest absolute Gasteiger partial charge is 0.255 e. The number of halogens is 1. The molecule has 154 valence electrons. The van der Waals surface area contributed by atoms with Crippen LogP contribution in [0.1, 0.15) is 39.9 Å². The summed E-state index contributed by atoms with van der Waals surface area (Å²) >= 11 is 3.44. The van der Waals surface area contributed by atoms with Crippen LogP contribution < -0.4 is 10.6 Å². The number of hydrogen-bond acceptors (Lipinski definition) is 4. The summed E-state index contributed by atoms with van der Waals surface area (Å²) in [5.41, 5.74) is 3.09. The second-order valence-electron chi connectivity index (χ2n) is 7.39. The van der Waals surface area contributed by atoms with Crippen LogP contribution >= 0.6 is 15.9 Å². The summed E-state index contributed by atoms with van der Waals surface area (Å²) in [5, 5.41) is 5.22. The van der Waals surface area contributed by atoms with Crippen LogP contribution in [0.15, 0.2) is 46.9 Å². The lowest BCUT2D eigenvalue weighted by molar-refractivity contribution is -0.137. The molecule has 1 atom stereocenters. The molecule has 1 saturated heterocycles. The van der Waals surface area contributed by atoms with Crippen molar-refractivity contribution in [2.45, 2.75) is 38.4 Å². The molecule has 0 spiro atoms. The molecule has 2 aliphatic heterocycles. The van der Waals surface area contributed by atoms with Crippen molar-refractivity contribution < 1.29 is 19.2 Å². The first kappa shape index (κ1) is 20.3. The number of imide groups is 1. The molecule has 2 N–H and O–H groups in total. The average molecular weight is 470 g/mol. The molecule has 0 bridgehead atoms. The van der Waals surface area contributed by atoms with Crippen molar-refractivity contribution in [3.05, 3.63) is 69.2 Å². The molecular formula is C22H20BrN3O4. The van der Waals surface area contributed by atoms with Crippen LogP contribution in [0, 0.1) is 0 Å². The summed E-state index contributed by atoms with van der Waals surface area (Å²) in [6.45, 7) is 0.583. The SMILES string of the molecule is O=C(Cc1ccccc1Br)NCc1cccc2c1CN(C1CCC(=O)NC1=O)C2=O. The minimum absolute atomic E-state index is 0.120. The number of piperidine rings is 1. The van der Waals surface area contributed by atoms with Crippen LogP contribution in [0.25, 0.3) is 0 Å². The predicted octanol–water partition coefficient (Wildman–Crippen LogP) is 2.07. The molecule has 1 unspecified atom stereocenters.